The van der Waals surface area contributed by atoms with Crippen LogP contribution in [0.2, 0.25) is 10.0 Å². The average molecular weight is 560 g/mol. The van der Waals surface area contributed by atoms with E-state index in [9.17, 15) is 9.90 Å². The molecule has 0 saturated carbocycles. The second-order valence-corrected chi connectivity index (χ2v) is 10.7. The second kappa shape index (κ2) is 10.2. The highest BCUT2D eigenvalue weighted by Crippen LogP contribution is 2.40. The zero-order valence-electron chi connectivity index (χ0n) is 21.3. The first-order chi connectivity index (χ1) is 18.8. The topological polar surface area (TPSA) is 75.3 Å². The molecule has 7 nitrogen and oxygen atoms in total. The Kier molecular flexibility index (Phi) is 6.69. The lowest BCUT2D eigenvalue weighted by Gasteiger charge is -2.30. The van der Waals surface area contributed by atoms with Gasteiger partial charge in [-0.2, -0.15) is 0 Å². The lowest BCUT2D eigenvalue weighted by molar-refractivity contribution is 0.117. The highest BCUT2D eigenvalue weighted by molar-refractivity contribution is 6.31. The number of carbonyl (C=O) groups is 1. The van der Waals surface area contributed by atoms with E-state index in [-0.39, 0.29) is 6.03 Å². The molecule has 0 radical (unpaired) electrons. The van der Waals surface area contributed by atoms with Crippen LogP contribution in [0, 0.1) is 0 Å². The minimum Gasteiger partial charge on any atom is -0.374 e. The molecule has 0 spiro atoms. The fourth-order valence-corrected chi connectivity index (χ4v) is 5.70. The van der Waals surface area contributed by atoms with Gasteiger partial charge < -0.3 is 9.67 Å². The van der Waals surface area contributed by atoms with Crippen LogP contribution in [0.15, 0.2) is 85.5 Å². The largest absolute Gasteiger partial charge is 0.374 e. The molecule has 198 valence electrons. The molecule has 2 N–H and O–H groups in total. The Hall–Kier alpha value is -3.62. The molecule has 1 fully saturated rings. The molecule has 0 bridgehead atoms. The number of nitrogens with one attached hydrogen (secondary N) is 1. The average Bonchev–Trinajstić information content (AvgIpc) is 3.68. The summed E-state index contributed by atoms with van der Waals surface area (Å²) in [5, 5.41) is 16.4. The van der Waals surface area contributed by atoms with Crippen LogP contribution >= 0.6 is 23.2 Å². The van der Waals surface area contributed by atoms with Crippen LogP contribution in [0.4, 0.5) is 4.79 Å². The number of fused-ring (bicyclic) bond motifs is 1. The molecule has 1 unspecified atom stereocenters. The van der Waals surface area contributed by atoms with Crippen molar-refractivity contribution in [3.8, 4) is 11.1 Å². The lowest BCUT2D eigenvalue weighted by Crippen LogP contribution is -2.42. The van der Waals surface area contributed by atoms with Gasteiger partial charge in [-0.15, -0.1) is 0 Å². The predicted molar refractivity (Wildman–Crippen MR) is 154 cm³/mol. The van der Waals surface area contributed by atoms with E-state index in [0.717, 1.165) is 42.4 Å². The van der Waals surface area contributed by atoms with Gasteiger partial charge in [0.05, 0.1) is 23.7 Å². The molecule has 1 atom stereocenters. The van der Waals surface area contributed by atoms with Gasteiger partial charge in [-0.05, 0) is 65.9 Å². The number of aryl methyl sites for hydroxylation is 1. The van der Waals surface area contributed by atoms with Gasteiger partial charge in [0.25, 0.3) is 0 Å². The number of hydrogen-bond donors (Lipinski definition) is 2. The summed E-state index contributed by atoms with van der Waals surface area (Å²) in [6, 6.07) is 20.1. The highest BCUT2D eigenvalue weighted by Gasteiger charge is 2.37. The summed E-state index contributed by atoms with van der Waals surface area (Å²) in [6.07, 6.45) is 7.26. The van der Waals surface area contributed by atoms with E-state index in [1.54, 1.807) is 33.8 Å². The van der Waals surface area contributed by atoms with Crippen LogP contribution in [0.1, 0.15) is 29.7 Å². The Morgan fingerprint density at radius 1 is 0.974 bits per heavy atom. The van der Waals surface area contributed by atoms with E-state index in [1.165, 1.54) is 0 Å². The van der Waals surface area contributed by atoms with Crippen LogP contribution in [0.25, 0.3) is 22.0 Å². The molecule has 0 aliphatic carbocycles. The summed E-state index contributed by atoms with van der Waals surface area (Å²) in [7, 11) is 1.85. The maximum absolute atomic E-state index is 13.4. The van der Waals surface area contributed by atoms with E-state index in [0.29, 0.717) is 32.4 Å². The predicted octanol–water partition coefficient (Wildman–Crippen LogP) is 6.20. The Bertz CT molecular complexity index is 1670. The van der Waals surface area contributed by atoms with Gasteiger partial charge in [0, 0.05) is 47.3 Å². The minimum atomic E-state index is -1.53. The van der Waals surface area contributed by atoms with E-state index in [2.05, 4.69) is 10.4 Å². The number of benzene rings is 3. The molecule has 1 aliphatic rings. The summed E-state index contributed by atoms with van der Waals surface area (Å²) < 4.78 is 3.42. The second-order valence-electron chi connectivity index (χ2n) is 9.87. The van der Waals surface area contributed by atoms with Crippen LogP contribution < -0.4 is 5.43 Å². The third-order valence-electron chi connectivity index (χ3n) is 7.39. The van der Waals surface area contributed by atoms with Crippen LogP contribution in [-0.4, -0.2) is 43.4 Å². The first-order valence-electron chi connectivity index (χ1n) is 12.8. The van der Waals surface area contributed by atoms with Gasteiger partial charge >= 0.3 is 6.03 Å². The Morgan fingerprint density at radius 2 is 1.72 bits per heavy atom. The van der Waals surface area contributed by atoms with E-state index in [1.807, 2.05) is 72.9 Å². The number of imidazole rings is 1. The normalized spacial score (nSPS) is 15.5. The van der Waals surface area contributed by atoms with Crippen molar-refractivity contribution >= 4 is 40.1 Å². The van der Waals surface area contributed by atoms with Crippen molar-refractivity contribution in [2.24, 2.45) is 7.05 Å². The molecule has 39 heavy (non-hydrogen) atoms. The number of aromatic nitrogens is 3. The number of nitrogens with zero attached hydrogens (tertiary/aromatic N) is 4. The monoisotopic (exact) mass is 559 g/mol. The van der Waals surface area contributed by atoms with E-state index in [4.69, 9.17) is 23.2 Å². The molecule has 2 aromatic heterocycles. The van der Waals surface area contributed by atoms with Crippen LogP contribution in [0.5, 0.6) is 0 Å². The summed E-state index contributed by atoms with van der Waals surface area (Å²) in [4.78, 5) is 17.7. The summed E-state index contributed by atoms with van der Waals surface area (Å²) in [5.41, 5.74) is 5.78. The Morgan fingerprint density at radius 3 is 2.41 bits per heavy atom. The molecule has 6 rings (SSSR count). The number of aliphatic hydroxyl groups is 1. The first kappa shape index (κ1) is 25.6. The van der Waals surface area contributed by atoms with E-state index >= 15 is 0 Å². The summed E-state index contributed by atoms with van der Waals surface area (Å²) in [5.74, 6) is 0. The lowest BCUT2D eigenvalue weighted by atomic mass is 9.83. The summed E-state index contributed by atoms with van der Waals surface area (Å²) >= 11 is 12.5. The van der Waals surface area contributed by atoms with Crippen LogP contribution in [0.3, 0.4) is 0 Å². The molecule has 9 heteroatoms. The molecule has 1 aliphatic heterocycles. The quantitative estimate of drug-likeness (QED) is 0.269. The van der Waals surface area contributed by atoms with Crippen molar-refractivity contribution in [3.63, 3.8) is 0 Å². The van der Waals surface area contributed by atoms with Crippen molar-refractivity contribution in [3.05, 3.63) is 112 Å². The smallest absolute Gasteiger partial charge is 0.340 e. The summed E-state index contributed by atoms with van der Waals surface area (Å²) in [6.45, 7) is 1.66. The third kappa shape index (κ3) is 4.61. The number of amides is 1. The Labute approximate surface area is 236 Å². The standard InChI is InChI=1S/C30H27Cl2N5O2/c1-35-19-33-17-28(35)30(39,21-7-10-23(31)11-8-21)22-9-12-27-25(16-22)26(20-5-4-6-24(32)15-20)18-37(27)29(38)34-36-13-2-3-14-36/h4-12,15-19,39H,2-3,13-14H2,1H3,(H,34,38). The first-order valence-corrected chi connectivity index (χ1v) is 13.5. The number of rotatable bonds is 5. The van der Waals surface area contributed by atoms with Gasteiger partial charge in [0.15, 0.2) is 5.60 Å². The molecule has 1 saturated heterocycles. The number of halogens is 2. The van der Waals surface area contributed by atoms with Gasteiger partial charge in [-0.25, -0.2) is 14.8 Å². The third-order valence-corrected chi connectivity index (χ3v) is 7.87. The SMILES string of the molecule is Cn1cncc1C(O)(c1ccc(Cl)cc1)c1ccc2c(c1)c(-c1cccc(Cl)c1)cn2C(=O)NN1CCCC1. The van der Waals surface area contributed by atoms with Crippen molar-refractivity contribution in [1.82, 2.24) is 24.6 Å². The molecule has 3 heterocycles. The Balaban J connectivity index is 1.56. The molecule has 3 aromatic carbocycles. The number of hydrazine groups is 1. The van der Waals surface area contributed by atoms with Gasteiger partial charge in [0.1, 0.15) is 0 Å². The molecular formula is C30H27Cl2N5O2. The van der Waals surface area contributed by atoms with Crippen molar-refractivity contribution in [1.29, 1.82) is 0 Å². The molecule has 5 aromatic rings. The van der Waals surface area contributed by atoms with Crippen LogP contribution in [-0.2, 0) is 12.6 Å². The highest BCUT2D eigenvalue weighted by atomic mass is 35.5. The van der Waals surface area contributed by atoms with Gasteiger partial charge in [0.2, 0.25) is 0 Å². The van der Waals surface area contributed by atoms with E-state index < -0.39 is 5.60 Å². The van der Waals surface area contributed by atoms with Gasteiger partial charge in [-0.1, -0.05) is 53.5 Å². The zero-order chi connectivity index (χ0) is 27.1. The minimum absolute atomic E-state index is 0.234. The van der Waals surface area contributed by atoms with Crippen molar-refractivity contribution in [2.45, 2.75) is 18.4 Å². The maximum atomic E-state index is 13.4. The van der Waals surface area contributed by atoms with Crippen molar-refractivity contribution < 1.29 is 9.90 Å². The maximum Gasteiger partial charge on any atom is 0.340 e. The molecular weight excluding hydrogens is 533 g/mol. The fourth-order valence-electron chi connectivity index (χ4n) is 5.39. The van der Waals surface area contributed by atoms with Crippen molar-refractivity contribution in [2.75, 3.05) is 13.1 Å². The zero-order valence-corrected chi connectivity index (χ0v) is 22.8. The number of hydrogen-bond acceptors (Lipinski definition) is 4. The fraction of sp³-hybridized carbons (Fsp3) is 0.200. The van der Waals surface area contributed by atoms with Gasteiger partial charge in [-0.3, -0.25) is 9.99 Å². The molecule has 1 amide bonds. The number of carbonyl (C=O) groups excluding carboxylic acids is 1.